The Labute approximate surface area is 159 Å². The second-order valence-electron chi connectivity index (χ2n) is 6.64. The molecule has 27 heavy (non-hydrogen) atoms. The third-order valence-electron chi connectivity index (χ3n) is 4.56. The lowest BCUT2D eigenvalue weighted by molar-refractivity contribution is -0.126. The number of carbonyl (C=O) groups is 2. The molecule has 0 bridgehead atoms. The van der Waals surface area contributed by atoms with Crippen LogP contribution in [0.4, 0.5) is 5.69 Å². The van der Waals surface area contributed by atoms with Crippen LogP contribution in [-0.4, -0.2) is 32.1 Å². The molecule has 2 aromatic rings. The highest BCUT2D eigenvalue weighted by atomic mass is 16.5. The van der Waals surface area contributed by atoms with Crippen LogP contribution in [0.1, 0.15) is 29.7 Å². The summed E-state index contributed by atoms with van der Waals surface area (Å²) in [6, 6.07) is 10.7. The van der Waals surface area contributed by atoms with Gasteiger partial charge in [0.25, 0.3) is 5.91 Å². The van der Waals surface area contributed by atoms with Crippen LogP contribution in [0.5, 0.6) is 11.5 Å². The largest absolute Gasteiger partial charge is 0.493 e. The minimum atomic E-state index is -0.651. The smallest absolute Gasteiger partial charge is 0.254 e. The first kappa shape index (κ1) is 18.8. The average Bonchev–Trinajstić information content (AvgIpc) is 2.87. The van der Waals surface area contributed by atoms with Crippen molar-refractivity contribution in [1.29, 1.82) is 0 Å². The van der Waals surface area contributed by atoms with E-state index in [1.54, 1.807) is 12.0 Å². The summed E-state index contributed by atoms with van der Waals surface area (Å²) in [5.74, 6) is 0.905. The van der Waals surface area contributed by atoms with Crippen molar-refractivity contribution in [2.24, 2.45) is 0 Å². The molecule has 6 nitrogen and oxygen atoms in total. The number of hydrogen-bond donors (Lipinski definition) is 1. The van der Waals surface area contributed by atoms with E-state index in [1.807, 2.05) is 50.2 Å². The van der Waals surface area contributed by atoms with E-state index in [0.717, 1.165) is 22.4 Å². The molecule has 1 N–H and O–H groups in total. The Bertz CT molecular complexity index is 878. The second kappa shape index (κ2) is 7.70. The van der Waals surface area contributed by atoms with Crippen molar-refractivity contribution < 1.29 is 19.1 Å². The Morgan fingerprint density at radius 2 is 1.89 bits per heavy atom. The van der Waals surface area contributed by atoms with E-state index in [4.69, 9.17) is 9.47 Å². The number of amides is 2. The van der Waals surface area contributed by atoms with Gasteiger partial charge in [-0.15, -0.1) is 0 Å². The number of ether oxygens (including phenoxy) is 2. The summed E-state index contributed by atoms with van der Waals surface area (Å²) in [6.45, 7) is 6.07. The van der Waals surface area contributed by atoms with Crippen molar-refractivity contribution in [3.8, 4) is 11.5 Å². The van der Waals surface area contributed by atoms with E-state index in [9.17, 15) is 9.59 Å². The molecule has 1 heterocycles. The van der Waals surface area contributed by atoms with Crippen molar-refractivity contribution in [3.63, 3.8) is 0 Å². The summed E-state index contributed by atoms with van der Waals surface area (Å²) >= 11 is 0. The van der Waals surface area contributed by atoms with Gasteiger partial charge < -0.3 is 19.7 Å². The molecule has 0 spiro atoms. The highest BCUT2D eigenvalue weighted by molar-refractivity contribution is 6.07. The average molecular weight is 368 g/mol. The lowest BCUT2D eigenvalue weighted by Gasteiger charge is -2.20. The first-order chi connectivity index (χ1) is 12.9. The quantitative estimate of drug-likeness (QED) is 0.851. The number of rotatable bonds is 6. The van der Waals surface area contributed by atoms with E-state index >= 15 is 0 Å². The third-order valence-corrected chi connectivity index (χ3v) is 4.56. The van der Waals surface area contributed by atoms with Gasteiger partial charge in [0.2, 0.25) is 5.91 Å². The van der Waals surface area contributed by atoms with Crippen molar-refractivity contribution in [1.82, 2.24) is 5.32 Å². The Kier molecular flexibility index (Phi) is 5.35. The Morgan fingerprint density at radius 3 is 2.56 bits per heavy atom. The minimum Gasteiger partial charge on any atom is -0.493 e. The molecule has 2 amide bonds. The van der Waals surface area contributed by atoms with E-state index in [2.05, 4.69) is 5.32 Å². The molecule has 0 fully saturated rings. The lowest BCUT2D eigenvalue weighted by atomic mass is 10.0. The molecule has 0 saturated carbocycles. The summed E-state index contributed by atoms with van der Waals surface area (Å²) in [4.78, 5) is 26.2. The zero-order valence-corrected chi connectivity index (χ0v) is 16.0. The maximum absolute atomic E-state index is 13.0. The first-order valence-corrected chi connectivity index (χ1v) is 8.87. The maximum atomic E-state index is 13.0. The SMILES string of the molecule is COc1ccccc1OCCN1C(=O)[C@@H](NC(C)=O)c2cc(C)cc(C)c21. The van der Waals surface area contributed by atoms with E-state index in [-0.39, 0.29) is 11.8 Å². The summed E-state index contributed by atoms with van der Waals surface area (Å²) < 4.78 is 11.1. The number of nitrogens with zero attached hydrogens (tertiary/aromatic N) is 1. The number of nitrogens with one attached hydrogen (secondary N) is 1. The molecule has 0 radical (unpaired) electrons. The van der Waals surface area contributed by atoms with Gasteiger partial charge in [-0.3, -0.25) is 9.59 Å². The van der Waals surface area contributed by atoms with Gasteiger partial charge in [0, 0.05) is 12.5 Å². The molecule has 0 saturated heterocycles. The molecular weight excluding hydrogens is 344 g/mol. The molecule has 2 aromatic carbocycles. The Morgan fingerprint density at radius 1 is 1.19 bits per heavy atom. The van der Waals surface area contributed by atoms with Crippen LogP contribution in [0.3, 0.4) is 0 Å². The monoisotopic (exact) mass is 368 g/mol. The van der Waals surface area contributed by atoms with Gasteiger partial charge in [-0.2, -0.15) is 0 Å². The van der Waals surface area contributed by atoms with Crippen molar-refractivity contribution in [2.75, 3.05) is 25.2 Å². The fourth-order valence-corrected chi connectivity index (χ4v) is 3.53. The molecular formula is C21H24N2O4. The van der Waals surface area contributed by atoms with E-state index < -0.39 is 6.04 Å². The van der Waals surface area contributed by atoms with E-state index in [0.29, 0.717) is 24.7 Å². The van der Waals surface area contributed by atoms with Crippen LogP contribution >= 0.6 is 0 Å². The van der Waals surface area contributed by atoms with Gasteiger partial charge in [-0.1, -0.05) is 29.8 Å². The minimum absolute atomic E-state index is 0.141. The zero-order valence-electron chi connectivity index (χ0n) is 16.0. The fourth-order valence-electron chi connectivity index (χ4n) is 3.53. The predicted molar refractivity (Wildman–Crippen MR) is 103 cm³/mol. The number of benzene rings is 2. The number of hydrogen-bond acceptors (Lipinski definition) is 4. The molecule has 1 atom stereocenters. The van der Waals surface area contributed by atoms with Crippen LogP contribution in [0.2, 0.25) is 0 Å². The summed E-state index contributed by atoms with van der Waals surface area (Å²) in [7, 11) is 1.59. The number of carbonyl (C=O) groups excluding carboxylic acids is 2. The number of aryl methyl sites for hydroxylation is 2. The van der Waals surface area contributed by atoms with Gasteiger partial charge >= 0.3 is 0 Å². The van der Waals surface area contributed by atoms with Crippen LogP contribution in [0, 0.1) is 13.8 Å². The van der Waals surface area contributed by atoms with Gasteiger partial charge in [-0.25, -0.2) is 0 Å². The molecule has 6 heteroatoms. The highest BCUT2D eigenvalue weighted by Crippen LogP contribution is 2.39. The van der Waals surface area contributed by atoms with Crippen LogP contribution in [-0.2, 0) is 9.59 Å². The van der Waals surface area contributed by atoms with Crippen molar-refractivity contribution in [2.45, 2.75) is 26.8 Å². The maximum Gasteiger partial charge on any atom is 0.254 e. The number of methoxy groups -OCH3 is 1. The zero-order chi connectivity index (χ0) is 19.6. The van der Waals surface area contributed by atoms with Crippen molar-refractivity contribution >= 4 is 17.5 Å². The molecule has 0 aromatic heterocycles. The first-order valence-electron chi connectivity index (χ1n) is 8.87. The Balaban J connectivity index is 1.81. The predicted octanol–water partition coefficient (Wildman–Crippen LogP) is 2.91. The second-order valence-corrected chi connectivity index (χ2v) is 6.64. The Hall–Kier alpha value is -3.02. The molecule has 0 unspecified atom stereocenters. The lowest BCUT2D eigenvalue weighted by Crippen LogP contribution is -2.38. The summed E-state index contributed by atoms with van der Waals surface area (Å²) in [5.41, 5.74) is 3.75. The van der Waals surface area contributed by atoms with Crippen molar-refractivity contribution in [3.05, 3.63) is 53.1 Å². The molecule has 1 aliphatic heterocycles. The third kappa shape index (κ3) is 3.74. The van der Waals surface area contributed by atoms with Crippen LogP contribution in [0.25, 0.3) is 0 Å². The fraction of sp³-hybridized carbons (Fsp3) is 0.333. The van der Waals surface area contributed by atoms with Gasteiger partial charge in [0.05, 0.1) is 19.3 Å². The van der Waals surface area contributed by atoms with Gasteiger partial charge in [0.1, 0.15) is 12.6 Å². The van der Waals surface area contributed by atoms with E-state index in [1.165, 1.54) is 6.92 Å². The number of anilines is 1. The normalized spacial score (nSPS) is 15.5. The molecule has 0 aliphatic carbocycles. The molecule has 142 valence electrons. The molecule has 3 rings (SSSR count). The molecule has 1 aliphatic rings. The number of para-hydroxylation sites is 2. The van der Waals surface area contributed by atoms with Crippen LogP contribution in [0.15, 0.2) is 36.4 Å². The highest BCUT2D eigenvalue weighted by Gasteiger charge is 2.38. The van der Waals surface area contributed by atoms with Gasteiger partial charge in [-0.05, 0) is 31.5 Å². The number of fused-ring (bicyclic) bond motifs is 1. The summed E-state index contributed by atoms with van der Waals surface area (Å²) in [5, 5.41) is 2.77. The topological polar surface area (TPSA) is 67.9 Å². The van der Waals surface area contributed by atoms with Gasteiger partial charge in [0.15, 0.2) is 11.5 Å². The van der Waals surface area contributed by atoms with Crippen LogP contribution < -0.4 is 19.7 Å². The summed E-state index contributed by atoms with van der Waals surface area (Å²) in [6.07, 6.45) is 0. The standard InChI is InChI=1S/C21H24N2O4/c1-13-11-14(2)20-16(12-13)19(22-15(3)24)21(25)23(20)9-10-27-18-8-6-5-7-17(18)26-4/h5-8,11-12,19H,9-10H2,1-4H3,(H,22,24)/t19-/m0/s1.